The molecule has 1 aromatic carbocycles. The van der Waals surface area contributed by atoms with Gasteiger partial charge in [0.2, 0.25) is 11.8 Å². The summed E-state index contributed by atoms with van der Waals surface area (Å²) in [7, 11) is 0. The molecule has 0 spiro atoms. The third-order valence-electron chi connectivity index (χ3n) is 2.93. The highest BCUT2D eigenvalue weighted by Gasteiger charge is 2.20. The number of carbonyl (C=O) groups is 2. The maximum Gasteiger partial charge on any atom is 0.227 e. The second-order valence-electron chi connectivity index (χ2n) is 5.12. The normalized spacial score (nSPS) is 12.1. The molecule has 2 N–H and O–H groups in total. The van der Waals surface area contributed by atoms with E-state index >= 15 is 0 Å². The molecule has 4 nitrogen and oxygen atoms in total. The van der Waals surface area contributed by atoms with Gasteiger partial charge in [-0.15, -0.1) is 0 Å². The van der Waals surface area contributed by atoms with E-state index in [-0.39, 0.29) is 30.8 Å². The second kappa shape index (κ2) is 8.25. The predicted octanol–water partition coefficient (Wildman–Crippen LogP) is 3.13. The Labute approximate surface area is 135 Å². The van der Waals surface area contributed by atoms with Crippen LogP contribution in [0.2, 0.25) is 10.0 Å². The van der Waals surface area contributed by atoms with Crippen LogP contribution in [0.25, 0.3) is 0 Å². The molecule has 1 atom stereocenters. The van der Waals surface area contributed by atoms with Crippen LogP contribution < -0.4 is 10.6 Å². The van der Waals surface area contributed by atoms with Gasteiger partial charge in [-0.2, -0.15) is 0 Å². The van der Waals surface area contributed by atoms with Gasteiger partial charge in [-0.3, -0.25) is 9.59 Å². The topological polar surface area (TPSA) is 58.2 Å². The summed E-state index contributed by atoms with van der Waals surface area (Å²) < 4.78 is 0. The highest BCUT2D eigenvalue weighted by Crippen LogP contribution is 2.31. The van der Waals surface area contributed by atoms with Gasteiger partial charge in [0.1, 0.15) is 0 Å². The van der Waals surface area contributed by atoms with Crippen LogP contribution in [-0.2, 0) is 9.59 Å². The molecule has 0 aliphatic rings. The summed E-state index contributed by atoms with van der Waals surface area (Å²) in [6, 6.07) is 5.22. The summed E-state index contributed by atoms with van der Waals surface area (Å²) in [5.74, 6) is -0.768. The summed E-state index contributed by atoms with van der Waals surface area (Å²) in [5, 5.41) is 6.41. The molecule has 0 heterocycles. The molecule has 0 saturated carbocycles. The number of carbonyl (C=O) groups excluding carboxylic acids is 2. The lowest BCUT2D eigenvalue weighted by Gasteiger charge is -2.15. The highest BCUT2D eigenvalue weighted by molar-refractivity contribution is 6.36. The fourth-order valence-electron chi connectivity index (χ4n) is 1.90. The Morgan fingerprint density at radius 2 is 1.71 bits per heavy atom. The summed E-state index contributed by atoms with van der Waals surface area (Å²) >= 11 is 12.2. The molecule has 0 saturated heterocycles. The Morgan fingerprint density at radius 1 is 1.14 bits per heavy atom. The Hall–Kier alpha value is -1.26. The molecule has 0 bridgehead atoms. The smallest absolute Gasteiger partial charge is 0.227 e. The minimum Gasteiger partial charge on any atom is -0.355 e. The lowest BCUT2D eigenvalue weighted by molar-refractivity contribution is -0.123. The van der Waals surface area contributed by atoms with E-state index in [1.54, 1.807) is 25.1 Å². The average molecular weight is 331 g/mol. The summed E-state index contributed by atoms with van der Waals surface area (Å²) in [6.07, 6.45) is 0.243. The minimum absolute atomic E-state index is 0.0891. The molecule has 6 heteroatoms. The van der Waals surface area contributed by atoms with Crippen molar-refractivity contribution in [3.8, 4) is 0 Å². The third kappa shape index (κ3) is 5.56. The Balaban J connectivity index is 2.54. The van der Waals surface area contributed by atoms with E-state index in [0.717, 1.165) is 0 Å². The lowest BCUT2D eigenvalue weighted by Crippen LogP contribution is -2.35. The van der Waals surface area contributed by atoms with Crippen LogP contribution in [0.1, 0.15) is 38.7 Å². The van der Waals surface area contributed by atoms with Crippen LogP contribution in [0.5, 0.6) is 0 Å². The zero-order valence-corrected chi connectivity index (χ0v) is 13.9. The number of benzene rings is 1. The van der Waals surface area contributed by atoms with Gasteiger partial charge in [-0.1, -0.05) is 29.3 Å². The van der Waals surface area contributed by atoms with Crippen molar-refractivity contribution in [2.45, 2.75) is 39.2 Å². The molecule has 0 unspecified atom stereocenters. The van der Waals surface area contributed by atoms with Crippen LogP contribution in [0.3, 0.4) is 0 Å². The average Bonchev–Trinajstić information content (AvgIpc) is 2.37. The van der Waals surface area contributed by atoms with E-state index in [9.17, 15) is 9.59 Å². The second-order valence-corrected chi connectivity index (χ2v) is 5.93. The van der Waals surface area contributed by atoms with Gasteiger partial charge < -0.3 is 10.6 Å². The van der Waals surface area contributed by atoms with E-state index in [4.69, 9.17) is 23.2 Å². The number of rotatable bonds is 6. The SMILES string of the molecule is CC(C)NC(=O)CCNC(=O)[C@H](C)c1c(Cl)cccc1Cl. The van der Waals surface area contributed by atoms with E-state index in [1.807, 2.05) is 13.8 Å². The lowest BCUT2D eigenvalue weighted by atomic mass is 10.00. The summed E-state index contributed by atoms with van der Waals surface area (Å²) in [4.78, 5) is 23.6. The molecule has 116 valence electrons. The maximum atomic E-state index is 12.1. The number of hydrogen-bond acceptors (Lipinski definition) is 2. The third-order valence-corrected chi connectivity index (χ3v) is 3.59. The van der Waals surface area contributed by atoms with Gasteiger partial charge in [0, 0.05) is 34.6 Å². The molecule has 1 rings (SSSR count). The van der Waals surface area contributed by atoms with Crippen molar-refractivity contribution in [2.24, 2.45) is 0 Å². The highest BCUT2D eigenvalue weighted by atomic mass is 35.5. The molecule has 2 amide bonds. The molecule has 21 heavy (non-hydrogen) atoms. The molecule has 0 radical (unpaired) electrons. The van der Waals surface area contributed by atoms with Gasteiger partial charge in [0.25, 0.3) is 0 Å². The number of amides is 2. The first-order valence-electron chi connectivity index (χ1n) is 6.84. The molecule has 0 fully saturated rings. The van der Waals surface area contributed by atoms with Crippen molar-refractivity contribution >= 4 is 35.0 Å². The molecule has 1 aromatic rings. The number of nitrogens with one attached hydrogen (secondary N) is 2. The van der Waals surface area contributed by atoms with E-state index in [1.165, 1.54) is 0 Å². The van der Waals surface area contributed by atoms with Crippen LogP contribution in [0, 0.1) is 0 Å². The largest absolute Gasteiger partial charge is 0.355 e. The zero-order chi connectivity index (χ0) is 16.0. The van der Waals surface area contributed by atoms with Crippen LogP contribution >= 0.6 is 23.2 Å². The van der Waals surface area contributed by atoms with Gasteiger partial charge in [0.15, 0.2) is 0 Å². The first kappa shape index (κ1) is 17.8. The van der Waals surface area contributed by atoms with E-state index in [0.29, 0.717) is 15.6 Å². The van der Waals surface area contributed by atoms with Crippen LogP contribution in [0.15, 0.2) is 18.2 Å². The van der Waals surface area contributed by atoms with Gasteiger partial charge in [-0.25, -0.2) is 0 Å². The molecular formula is C15H20Cl2N2O2. The Kier molecular flexibility index (Phi) is 6.99. The quantitative estimate of drug-likeness (QED) is 0.841. The summed E-state index contributed by atoms with van der Waals surface area (Å²) in [5.41, 5.74) is 0.602. The monoisotopic (exact) mass is 330 g/mol. The first-order valence-corrected chi connectivity index (χ1v) is 7.59. The predicted molar refractivity (Wildman–Crippen MR) is 85.8 cm³/mol. The van der Waals surface area contributed by atoms with Crippen molar-refractivity contribution < 1.29 is 9.59 Å². The molecule has 0 aliphatic carbocycles. The van der Waals surface area contributed by atoms with Crippen LogP contribution in [0.4, 0.5) is 0 Å². The number of hydrogen-bond donors (Lipinski definition) is 2. The fourth-order valence-corrected chi connectivity index (χ4v) is 2.63. The number of halogens is 2. The van der Waals surface area contributed by atoms with Crippen LogP contribution in [-0.4, -0.2) is 24.4 Å². The first-order chi connectivity index (χ1) is 9.82. The Morgan fingerprint density at radius 3 is 2.24 bits per heavy atom. The van der Waals surface area contributed by atoms with Gasteiger partial charge in [-0.05, 0) is 32.9 Å². The van der Waals surface area contributed by atoms with Crippen molar-refractivity contribution in [1.29, 1.82) is 0 Å². The fraction of sp³-hybridized carbons (Fsp3) is 0.467. The van der Waals surface area contributed by atoms with E-state index < -0.39 is 5.92 Å². The summed E-state index contributed by atoms with van der Waals surface area (Å²) in [6.45, 7) is 5.79. The minimum atomic E-state index is -0.473. The Bertz CT molecular complexity index is 498. The van der Waals surface area contributed by atoms with Crippen molar-refractivity contribution in [2.75, 3.05) is 6.54 Å². The van der Waals surface area contributed by atoms with Crippen molar-refractivity contribution in [3.63, 3.8) is 0 Å². The molecule has 0 aromatic heterocycles. The molecule has 0 aliphatic heterocycles. The van der Waals surface area contributed by atoms with Gasteiger partial charge >= 0.3 is 0 Å². The van der Waals surface area contributed by atoms with Gasteiger partial charge in [0.05, 0.1) is 5.92 Å². The van der Waals surface area contributed by atoms with Crippen molar-refractivity contribution in [1.82, 2.24) is 10.6 Å². The standard InChI is InChI=1S/C15H20Cl2N2O2/c1-9(2)19-13(20)7-8-18-15(21)10(3)14-11(16)5-4-6-12(14)17/h4-6,9-10H,7-8H2,1-3H3,(H,18,21)(H,19,20)/t10-/m1/s1. The van der Waals surface area contributed by atoms with Crippen molar-refractivity contribution in [3.05, 3.63) is 33.8 Å². The zero-order valence-electron chi connectivity index (χ0n) is 12.4. The van der Waals surface area contributed by atoms with E-state index in [2.05, 4.69) is 10.6 Å². The maximum absolute atomic E-state index is 12.1. The molecular weight excluding hydrogens is 311 g/mol.